The van der Waals surface area contributed by atoms with Crippen molar-refractivity contribution in [3.05, 3.63) is 41.2 Å². The lowest BCUT2D eigenvalue weighted by Gasteiger charge is -2.35. The first-order valence-corrected chi connectivity index (χ1v) is 9.91. The molecule has 2 rings (SSSR count). The van der Waals surface area contributed by atoms with Gasteiger partial charge in [0.1, 0.15) is 6.61 Å². The molecule has 0 aliphatic heterocycles. The first kappa shape index (κ1) is 15.7. The molecule has 0 radical (unpaired) electrons. The second-order valence-electron chi connectivity index (χ2n) is 6.64. The predicted molar refractivity (Wildman–Crippen MR) is 82.9 cm³/mol. The summed E-state index contributed by atoms with van der Waals surface area (Å²) >= 11 is 0. The molecule has 6 heteroatoms. The van der Waals surface area contributed by atoms with Crippen LogP contribution in [0, 0.1) is 5.21 Å². The largest absolute Gasteiger partial charge is 0.408 e. The number of nitrogens with zero attached hydrogens (tertiary/aromatic N) is 2. The second-order valence-corrected chi connectivity index (χ2v) is 11.4. The van der Waals surface area contributed by atoms with Crippen LogP contribution in [0.5, 0.6) is 0 Å². The molecule has 0 atom stereocenters. The predicted octanol–water partition coefficient (Wildman–Crippen LogP) is 3.50. The van der Waals surface area contributed by atoms with E-state index in [9.17, 15) is 5.21 Å². The molecular formula is C15H22N2O3Si. The molecule has 1 aromatic carbocycles. The first-order valence-electron chi connectivity index (χ1n) is 7.00. The van der Waals surface area contributed by atoms with E-state index in [2.05, 4.69) is 39.0 Å². The van der Waals surface area contributed by atoms with E-state index in [1.807, 2.05) is 30.3 Å². The molecule has 0 spiro atoms. The highest BCUT2D eigenvalue weighted by atomic mass is 28.4. The van der Waals surface area contributed by atoms with Crippen LogP contribution in [0.2, 0.25) is 18.1 Å². The van der Waals surface area contributed by atoms with Crippen molar-refractivity contribution in [2.45, 2.75) is 45.5 Å². The highest BCUT2D eigenvalue weighted by Crippen LogP contribution is 2.37. The first-order chi connectivity index (χ1) is 9.72. The summed E-state index contributed by atoms with van der Waals surface area (Å²) in [4.78, 5) is 0.444. The van der Waals surface area contributed by atoms with E-state index in [0.717, 1.165) is 5.56 Å². The van der Waals surface area contributed by atoms with Gasteiger partial charge in [-0.3, -0.25) is 4.63 Å². The molecule has 0 fully saturated rings. The summed E-state index contributed by atoms with van der Waals surface area (Å²) < 4.78 is 10.9. The lowest BCUT2D eigenvalue weighted by atomic mass is 10.1. The number of hydrogen-bond donors (Lipinski definition) is 0. The molecule has 0 N–H and O–H groups in total. The van der Waals surface area contributed by atoms with E-state index in [4.69, 9.17) is 9.06 Å². The zero-order chi connectivity index (χ0) is 15.7. The maximum atomic E-state index is 11.8. The summed E-state index contributed by atoms with van der Waals surface area (Å²) in [6.45, 7) is 11.1. The van der Waals surface area contributed by atoms with Crippen LogP contribution in [0.25, 0.3) is 11.3 Å². The lowest BCUT2D eigenvalue weighted by Crippen LogP contribution is -2.40. The third-order valence-electron chi connectivity index (χ3n) is 4.10. The summed E-state index contributed by atoms with van der Waals surface area (Å²) in [7, 11) is -1.90. The van der Waals surface area contributed by atoms with Crippen molar-refractivity contribution >= 4 is 8.32 Å². The molecule has 0 saturated heterocycles. The van der Waals surface area contributed by atoms with Crippen LogP contribution in [-0.2, 0) is 11.0 Å². The van der Waals surface area contributed by atoms with E-state index in [0.29, 0.717) is 22.9 Å². The van der Waals surface area contributed by atoms with Gasteiger partial charge in [-0.15, -0.1) is 0 Å². The SMILES string of the molecule is CC(C)(C)[Si](C)(C)OCc1no[n+]([O-])c1-c1ccccc1. The van der Waals surface area contributed by atoms with Gasteiger partial charge >= 0.3 is 0 Å². The monoisotopic (exact) mass is 306 g/mol. The zero-order valence-electron chi connectivity index (χ0n) is 13.2. The van der Waals surface area contributed by atoms with Crippen molar-refractivity contribution in [1.82, 2.24) is 5.16 Å². The summed E-state index contributed by atoms with van der Waals surface area (Å²) in [6, 6.07) is 9.37. The van der Waals surface area contributed by atoms with Gasteiger partial charge in [-0.2, -0.15) is 0 Å². The maximum absolute atomic E-state index is 11.8. The molecule has 114 valence electrons. The average Bonchev–Trinajstić information content (AvgIpc) is 2.77. The molecule has 0 aliphatic carbocycles. The van der Waals surface area contributed by atoms with Crippen molar-refractivity contribution in [2.75, 3.05) is 0 Å². The van der Waals surface area contributed by atoms with Gasteiger partial charge in [0.2, 0.25) is 11.4 Å². The Morgan fingerprint density at radius 2 is 1.86 bits per heavy atom. The minimum Gasteiger partial charge on any atom is -0.408 e. The summed E-state index contributed by atoms with van der Waals surface area (Å²) in [5.74, 6) is 0. The fourth-order valence-corrected chi connectivity index (χ4v) is 2.63. The Balaban J connectivity index is 2.24. The zero-order valence-corrected chi connectivity index (χ0v) is 14.2. The van der Waals surface area contributed by atoms with Crippen LogP contribution in [0.3, 0.4) is 0 Å². The van der Waals surface area contributed by atoms with Gasteiger partial charge in [-0.25, -0.2) is 0 Å². The Hall–Kier alpha value is -1.66. The van der Waals surface area contributed by atoms with Crippen LogP contribution in [0.1, 0.15) is 26.5 Å². The van der Waals surface area contributed by atoms with Crippen LogP contribution in [-0.4, -0.2) is 13.5 Å². The van der Waals surface area contributed by atoms with Crippen molar-refractivity contribution < 1.29 is 14.0 Å². The van der Waals surface area contributed by atoms with Gasteiger partial charge in [-0.1, -0.05) is 51.1 Å². The van der Waals surface area contributed by atoms with Gasteiger partial charge in [0.15, 0.2) is 8.32 Å². The molecule has 0 saturated carbocycles. The van der Waals surface area contributed by atoms with Gasteiger partial charge in [0.05, 0.1) is 0 Å². The van der Waals surface area contributed by atoms with Crippen LogP contribution >= 0.6 is 0 Å². The number of hydrogen-bond acceptors (Lipinski definition) is 4. The number of benzene rings is 1. The topological polar surface area (TPSA) is 62.2 Å². The van der Waals surface area contributed by atoms with Gasteiger partial charge < -0.3 is 9.63 Å². The second kappa shape index (κ2) is 5.61. The van der Waals surface area contributed by atoms with Crippen LogP contribution in [0.4, 0.5) is 0 Å². The Bertz CT molecular complexity index is 603. The highest BCUT2D eigenvalue weighted by molar-refractivity contribution is 6.74. The molecule has 0 unspecified atom stereocenters. The Morgan fingerprint density at radius 3 is 2.43 bits per heavy atom. The molecule has 5 nitrogen and oxygen atoms in total. The quantitative estimate of drug-likeness (QED) is 0.640. The maximum Gasteiger partial charge on any atom is 0.250 e. The molecule has 0 bridgehead atoms. The smallest absolute Gasteiger partial charge is 0.250 e. The van der Waals surface area contributed by atoms with Crippen LogP contribution < -0.4 is 4.90 Å². The molecule has 1 aromatic heterocycles. The molecule has 0 aliphatic rings. The van der Waals surface area contributed by atoms with Crippen LogP contribution in [0.15, 0.2) is 35.0 Å². The summed E-state index contributed by atoms with van der Waals surface area (Å²) in [5, 5.41) is 15.8. The van der Waals surface area contributed by atoms with E-state index in [1.54, 1.807) is 0 Å². The molecule has 2 aromatic rings. The van der Waals surface area contributed by atoms with Gasteiger partial charge in [0.25, 0.3) is 0 Å². The fraction of sp³-hybridized carbons (Fsp3) is 0.467. The summed E-state index contributed by atoms with van der Waals surface area (Å²) in [6.07, 6.45) is 0. The standard InChI is InChI=1S/C15H22N2O3Si/c1-15(2,3)21(4,5)19-11-13-14(17(18)20-16-13)12-9-7-6-8-10-12/h6-10H,11H2,1-5H3. The van der Waals surface area contributed by atoms with Crippen molar-refractivity contribution in [1.29, 1.82) is 0 Å². The minimum absolute atomic E-state index is 0.108. The number of aromatic nitrogens is 2. The minimum atomic E-state index is -1.90. The normalized spacial score (nSPS) is 12.6. The molecule has 1 heterocycles. The third-order valence-corrected chi connectivity index (χ3v) is 8.58. The van der Waals surface area contributed by atoms with Gasteiger partial charge in [-0.05, 0) is 23.0 Å². The van der Waals surface area contributed by atoms with E-state index in [1.165, 1.54) is 0 Å². The Kier molecular flexibility index (Phi) is 4.20. The Labute approximate surface area is 126 Å². The lowest BCUT2D eigenvalue weighted by molar-refractivity contribution is -0.793. The van der Waals surface area contributed by atoms with Crippen molar-refractivity contribution in [2.24, 2.45) is 0 Å². The molecule has 0 amide bonds. The third kappa shape index (κ3) is 3.33. The summed E-state index contributed by atoms with van der Waals surface area (Å²) in [5.41, 5.74) is 1.75. The average molecular weight is 306 g/mol. The number of rotatable bonds is 4. The van der Waals surface area contributed by atoms with Gasteiger partial charge in [0, 0.05) is 10.7 Å². The van der Waals surface area contributed by atoms with Crippen molar-refractivity contribution in [3.63, 3.8) is 0 Å². The Morgan fingerprint density at radius 1 is 1.24 bits per heavy atom. The van der Waals surface area contributed by atoms with E-state index in [-0.39, 0.29) is 5.04 Å². The highest BCUT2D eigenvalue weighted by Gasteiger charge is 2.38. The molecule has 21 heavy (non-hydrogen) atoms. The molecular weight excluding hydrogens is 284 g/mol. The fourth-order valence-electron chi connectivity index (χ4n) is 1.70. The van der Waals surface area contributed by atoms with E-state index < -0.39 is 8.32 Å². The van der Waals surface area contributed by atoms with Crippen molar-refractivity contribution in [3.8, 4) is 11.3 Å². The van der Waals surface area contributed by atoms with E-state index >= 15 is 0 Å².